The summed E-state index contributed by atoms with van der Waals surface area (Å²) in [5, 5.41) is 16.5. The monoisotopic (exact) mass is 315 g/mol. The Morgan fingerprint density at radius 3 is 2.83 bits per heavy atom. The Bertz CT molecular complexity index is 718. The van der Waals surface area contributed by atoms with Gasteiger partial charge in [-0.2, -0.15) is 5.10 Å². The van der Waals surface area contributed by atoms with Crippen LogP contribution in [0.2, 0.25) is 0 Å². The number of nitrogens with zero attached hydrogens (tertiary/aromatic N) is 1. The van der Waals surface area contributed by atoms with Crippen LogP contribution in [0.4, 0.5) is 0 Å². The predicted octanol–water partition coefficient (Wildman–Crippen LogP) is 0.551. The zero-order valence-electron chi connectivity index (χ0n) is 13.1. The van der Waals surface area contributed by atoms with Crippen LogP contribution in [-0.2, 0) is 4.79 Å². The molecule has 3 rings (SSSR count). The van der Waals surface area contributed by atoms with E-state index in [0.29, 0.717) is 18.8 Å². The molecule has 1 fully saturated rings. The van der Waals surface area contributed by atoms with Crippen molar-refractivity contribution in [2.75, 3.05) is 19.6 Å². The molecule has 2 heterocycles. The lowest BCUT2D eigenvalue weighted by Crippen LogP contribution is -2.52. The molecule has 0 saturated carbocycles. The van der Waals surface area contributed by atoms with Crippen LogP contribution >= 0.6 is 0 Å². The van der Waals surface area contributed by atoms with Gasteiger partial charge >= 0.3 is 0 Å². The van der Waals surface area contributed by atoms with Gasteiger partial charge in [0.15, 0.2) is 5.69 Å². The van der Waals surface area contributed by atoms with Crippen molar-refractivity contribution in [3.63, 3.8) is 0 Å². The maximum Gasteiger partial charge on any atom is 0.272 e. The van der Waals surface area contributed by atoms with Crippen LogP contribution in [0.1, 0.15) is 30.3 Å². The Kier molecular flexibility index (Phi) is 4.29. The highest BCUT2D eigenvalue weighted by Gasteiger charge is 2.35. The van der Waals surface area contributed by atoms with Crippen molar-refractivity contribution in [2.24, 2.45) is 0 Å². The number of benzene rings is 1. The fourth-order valence-electron chi connectivity index (χ4n) is 2.86. The average Bonchev–Trinajstić information content (AvgIpc) is 3.18. The Hall–Kier alpha value is -2.41. The van der Waals surface area contributed by atoms with Gasteiger partial charge in [-0.15, -0.1) is 0 Å². The van der Waals surface area contributed by atoms with E-state index in [0.717, 1.165) is 30.3 Å². The van der Waals surface area contributed by atoms with E-state index in [1.165, 1.54) is 0 Å². The molecule has 2 aromatic rings. The van der Waals surface area contributed by atoms with Crippen LogP contribution in [0.5, 0.6) is 0 Å². The molecule has 23 heavy (non-hydrogen) atoms. The van der Waals surface area contributed by atoms with Gasteiger partial charge in [-0.25, -0.2) is 0 Å². The molecule has 0 radical (unpaired) electrons. The van der Waals surface area contributed by atoms with E-state index in [9.17, 15) is 9.59 Å². The third-order valence-electron chi connectivity index (χ3n) is 4.25. The Balaban J connectivity index is 1.49. The maximum absolute atomic E-state index is 12.2. The number of H-pyrrole nitrogens is 1. The largest absolute Gasteiger partial charge is 0.353 e. The second kappa shape index (κ2) is 6.37. The van der Waals surface area contributed by atoms with E-state index in [2.05, 4.69) is 26.1 Å². The summed E-state index contributed by atoms with van der Waals surface area (Å²) >= 11 is 0. The minimum atomic E-state index is -0.484. The van der Waals surface area contributed by atoms with Crippen molar-refractivity contribution >= 4 is 22.7 Å². The molecule has 4 N–H and O–H groups in total. The molecule has 2 amide bonds. The van der Waals surface area contributed by atoms with Gasteiger partial charge in [-0.1, -0.05) is 18.2 Å². The highest BCUT2D eigenvalue weighted by atomic mass is 16.2. The number of nitrogens with one attached hydrogen (secondary N) is 4. The zero-order valence-corrected chi connectivity index (χ0v) is 13.1. The Morgan fingerprint density at radius 1 is 1.26 bits per heavy atom. The number of carbonyl (C=O) groups excluding carboxylic acids is 2. The zero-order chi connectivity index (χ0) is 16.3. The van der Waals surface area contributed by atoms with E-state index >= 15 is 0 Å². The van der Waals surface area contributed by atoms with Crippen LogP contribution in [0.25, 0.3) is 10.9 Å². The first-order chi connectivity index (χ1) is 11.1. The maximum atomic E-state index is 12.2. The number of fused-ring (bicyclic) bond motifs is 1. The lowest BCUT2D eigenvalue weighted by atomic mass is 9.99. The van der Waals surface area contributed by atoms with Crippen molar-refractivity contribution in [1.82, 2.24) is 26.1 Å². The number of rotatable bonds is 5. The minimum Gasteiger partial charge on any atom is -0.353 e. The molecule has 1 atom stereocenters. The van der Waals surface area contributed by atoms with Crippen molar-refractivity contribution in [3.05, 3.63) is 30.0 Å². The third kappa shape index (κ3) is 3.19. The lowest BCUT2D eigenvalue weighted by molar-refractivity contribution is -0.126. The molecular weight excluding hydrogens is 294 g/mol. The SMILES string of the molecule is CC1(C(=O)NCCNC(=O)c2n[nH]c3ccccc23)CCCN1. The summed E-state index contributed by atoms with van der Waals surface area (Å²) in [5.74, 6) is -0.267. The Morgan fingerprint density at radius 2 is 2.04 bits per heavy atom. The molecule has 7 heteroatoms. The summed E-state index contributed by atoms with van der Waals surface area (Å²) in [6, 6.07) is 7.47. The summed E-state index contributed by atoms with van der Waals surface area (Å²) in [7, 11) is 0. The first kappa shape index (κ1) is 15.5. The lowest BCUT2D eigenvalue weighted by Gasteiger charge is -2.23. The molecule has 1 aliphatic rings. The molecule has 7 nitrogen and oxygen atoms in total. The number of amides is 2. The fraction of sp³-hybridized carbons (Fsp3) is 0.438. The minimum absolute atomic E-state index is 0.0190. The van der Waals surface area contributed by atoms with Crippen molar-refractivity contribution in [2.45, 2.75) is 25.3 Å². The van der Waals surface area contributed by atoms with E-state index in [1.807, 2.05) is 31.2 Å². The average molecular weight is 315 g/mol. The summed E-state index contributed by atoms with van der Waals surface area (Å²) in [6.07, 6.45) is 1.84. The van der Waals surface area contributed by atoms with Gasteiger partial charge in [-0.3, -0.25) is 14.7 Å². The third-order valence-corrected chi connectivity index (χ3v) is 4.25. The highest BCUT2D eigenvalue weighted by Crippen LogP contribution is 2.18. The van der Waals surface area contributed by atoms with E-state index in [4.69, 9.17) is 0 Å². The summed E-state index contributed by atoms with van der Waals surface area (Å²) in [5.41, 5.74) is 0.713. The van der Waals surface area contributed by atoms with Gasteiger partial charge < -0.3 is 16.0 Å². The first-order valence-corrected chi connectivity index (χ1v) is 7.85. The van der Waals surface area contributed by atoms with Gasteiger partial charge in [0.25, 0.3) is 5.91 Å². The highest BCUT2D eigenvalue weighted by molar-refractivity contribution is 6.04. The first-order valence-electron chi connectivity index (χ1n) is 7.85. The van der Waals surface area contributed by atoms with Crippen LogP contribution in [-0.4, -0.2) is 47.2 Å². The number of hydrogen-bond donors (Lipinski definition) is 4. The van der Waals surface area contributed by atoms with Crippen LogP contribution < -0.4 is 16.0 Å². The number of hydrogen-bond acceptors (Lipinski definition) is 4. The molecule has 1 aliphatic heterocycles. The number of para-hydroxylation sites is 1. The molecule has 1 saturated heterocycles. The van der Waals surface area contributed by atoms with Crippen LogP contribution in [0.3, 0.4) is 0 Å². The van der Waals surface area contributed by atoms with Crippen LogP contribution in [0.15, 0.2) is 24.3 Å². The summed E-state index contributed by atoms with van der Waals surface area (Å²) < 4.78 is 0. The summed E-state index contributed by atoms with van der Waals surface area (Å²) in [4.78, 5) is 24.3. The van der Waals surface area contributed by atoms with Crippen molar-refractivity contribution in [3.8, 4) is 0 Å². The number of aromatic amines is 1. The molecule has 0 bridgehead atoms. The second-order valence-corrected chi connectivity index (χ2v) is 5.99. The fourth-order valence-corrected chi connectivity index (χ4v) is 2.86. The number of aromatic nitrogens is 2. The molecule has 122 valence electrons. The molecular formula is C16H21N5O2. The molecule has 1 unspecified atom stereocenters. The quantitative estimate of drug-likeness (QED) is 0.606. The molecule has 1 aromatic heterocycles. The van der Waals surface area contributed by atoms with Gasteiger partial charge in [0.05, 0.1) is 11.1 Å². The molecule has 0 spiro atoms. The van der Waals surface area contributed by atoms with E-state index in [1.54, 1.807) is 0 Å². The van der Waals surface area contributed by atoms with Gasteiger partial charge in [0.2, 0.25) is 5.91 Å². The Labute approximate surface area is 134 Å². The van der Waals surface area contributed by atoms with Crippen LogP contribution in [0, 0.1) is 0 Å². The van der Waals surface area contributed by atoms with Crippen molar-refractivity contribution in [1.29, 1.82) is 0 Å². The number of carbonyl (C=O) groups is 2. The van der Waals surface area contributed by atoms with Gasteiger partial charge in [0.1, 0.15) is 0 Å². The topological polar surface area (TPSA) is 98.9 Å². The van der Waals surface area contributed by atoms with Gasteiger partial charge in [-0.05, 0) is 32.4 Å². The summed E-state index contributed by atoms with van der Waals surface area (Å²) in [6.45, 7) is 3.53. The normalized spacial score (nSPS) is 20.6. The van der Waals surface area contributed by atoms with E-state index < -0.39 is 5.54 Å². The molecule has 0 aliphatic carbocycles. The standard InChI is InChI=1S/C16H21N5O2/c1-16(7-4-8-19-16)15(23)18-10-9-17-14(22)13-11-5-2-3-6-12(11)20-21-13/h2-3,5-6,19H,4,7-10H2,1H3,(H,17,22)(H,18,23)(H,20,21). The smallest absolute Gasteiger partial charge is 0.272 e. The second-order valence-electron chi connectivity index (χ2n) is 5.99. The van der Waals surface area contributed by atoms with Gasteiger partial charge in [0, 0.05) is 18.5 Å². The van der Waals surface area contributed by atoms with E-state index in [-0.39, 0.29) is 11.8 Å². The van der Waals surface area contributed by atoms with Crippen molar-refractivity contribution < 1.29 is 9.59 Å². The molecule has 1 aromatic carbocycles. The predicted molar refractivity (Wildman–Crippen MR) is 87.1 cm³/mol.